The first-order valence-electron chi connectivity index (χ1n) is 5.92. The lowest BCUT2D eigenvalue weighted by Crippen LogP contribution is -2.18. The lowest BCUT2D eigenvalue weighted by molar-refractivity contribution is 0.507. The van der Waals surface area contributed by atoms with Gasteiger partial charge in [0.05, 0.1) is 12.8 Å². The standard InChI is InChI=1S/C14H17FN2O/c1-17(10-13-3-2-8-18-13)14-5-4-12(15)9-11(14)6-7-16/h2-5,8-9H,6-7,10,16H2,1H3. The third kappa shape index (κ3) is 2.90. The zero-order chi connectivity index (χ0) is 13.0. The van der Waals surface area contributed by atoms with Gasteiger partial charge in [-0.2, -0.15) is 0 Å². The van der Waals surface area contributed by atoms with E-state index >= 15 is 0 Å². The molecule has 0 amide bonds. The first-order chi connectivity index (χ1) is 8.70. The Morgan fingerprint density at radius 2 is 2.17 bits per heavy atom. The van der Waals surface area contributed by atoms with E-state index in [0.717, 1.165) is 17.0 Å². The Bertz CT molecular complexity index is 497. The molecule has 2 N–H and O–H groups in total. The highest BCUT2D eigenvalue weighted by atomic mass is 19.1. The highest BCUT2D eigenvalue weighted by molar-refractivity contribution is 5.53. The van der Waals surface area contributed by atoms with Crippen LogP contribution in [0, 0.1) is 5.82 Å². The molecule has 18 heavy (non-hydrogen) atoms. The fraction of sp³-hybridized carbons (Fsp3) is 0.286. The molecule has 1 aromatic carbocycles. The molecule has 0 fully saturated rings. The molecule has 1 heterocycles. The third-order valence-corrected chi connectivity index (χ3v) is 2.84. The van der Waals surface area contributed by atoms with E-state index in [-0.39, 0.29) is 5.82 Å². The quantitative estimate of drug-likeness (QED) is 0.884. The van der Waals surface area contributed by atoms with Gasteiger partial charge in [-0.15, -0.1) is 0 Å². The zero-order valence-corrected chi connectivity index (χ0v) is 10.4. The van der Waals surface area contributed by atoms with E-state index in [1.54, 1.807) is 18.4 Å². The average molecular weight is 248 g/mol. The number of hydrogen-bond acceptors (Lipinski definition) is 3. The van der Waals surface area contributed by atoms with Gasteiger partial charge in [-0.3, -0.25) is 0 Å². The SMILES string of the molecule is CN(Cc1ccco1)c1ccc(F)cc1CCN. The van der Waals surface area contributed by atoms with E-state index in [1.807, 2.05) is 24.1 Å². The van der Waals surface area contributed by atoms with Crippen LogP contribution in [0.1, 0.15) is 11.3 Å². The number of furan rings is 1. The third-order valence-electron chi connectivity index (χ3n) is 2.84. The van der Waals surface area contributed by atoms with Crippen molar-refractivity contribution >= 4 is 5.69 Å². The molecule has 1 aromatic heterocycles. The van der Waals surface area contributed by atoms with Crippen LogP contribution in [0.5, 0.6) is 0 Å². The summed E-state index contributed by atoms with van der Waals surface area (Å²) in [6, 6.07) is 8.56. The summed E-state index contributed by atoms with van der Waals surface area (Å²) in [4.78, 5) is 2.03. The molecule has 0 unspecified atom stereocenters. The molecule has 0 saturated heterocycles. The van der Waals surface area contributed by atoms with E-state index in [2.05, 4.69) is 0 Å². The predicted octanol–water partition coefficient (Wildman–Crippen LogP) is 2.56. The molecule has 0 bridgehead atoms. The minimum absolute atomic E-state index is 0.228. The smallest absolute Gasteiger partial charge is 0.123 e. The number of rotatable bonds is 5. The van der Waals surface area contributed by atoms with E-state index in [0.29, 0.717) is 19.5 Å². The molecule has 4 heteroatoms. The summed E-state index contributed by atoms with van der Waals surface area (Å²) < 4.78 is 18.5. The Hall–Kier alpha value is -1.81. The van der Waals surface area contributed by atoms with Crippen LogP contribution in [0.3, 0.4) is 0 Å². The van der Waals surface area contributed by atoms with Crippen molar-refractivity contribution < 1.29 is 8.81 Å². The van der Waals surface area contributed by atoms with Crippen LogP contribution in [0.15, 0.2) is 41.0 Å². The molecule has 0 spiro atoms. The van der Waals surface area contributed by atoms with Crippen molar-refractivity contribution in [3.8, 4) is 0 Å². The van der Waals surface area contributed by atoms with Crippen molar-refractivity contribution in [1.29, 1.82) is 0 Å². The van der Waals surface area contributed by atoms with Gasteiger partial charge in [-0.1, -0.05) is 0 Å². The minimum atomic E-state index is -0.228. The fourth-order valence-corrected chi connectivity index (χ4v) is 2.00. The van der Waals surface area contributed by atoms with Crippen molar-refractivity contribution in [3.05, 3.63) is 53.7 Å². The summed E-state index contributed by atoms with van der Waals surface area (Å²) in [6.45, 7) is 1.15. The van der Waals surface area contributed by atoms with Crippen molar-refractivity contribution in [2.75, 3.05) is 18.5 Å². The molecule has 0 aliphatic carbocycles. The van der Waals surface area contributed by atoms with Gasteiger partial charge in [0, 0.05) is 12.7 Å². The number of nitrogens with zero attached hydrogens (tertiary/aromatic N) is 1. The summed E-state index contributed by atoms with van der Waals surface area (Å²) in [5.74, 6) is 0.647. The molecular formula is C14H17FN2O. The van der Waals surface area contributed by atoms with E-state index in [9.17, 15) is 4.39 Å². The molecule has 0 aliphatic heterocycles. The van der Waals surface area contributed by atoms with Crippen LogP contribution in [-0.2, 0) is 13.0 Å². The molecule has 0 radical (unpaired) electrons. The van der Waals surface area contributed by atoms with Crippen LogP contribution < -0.4 is 10.6 Å². The molecule has 0 saturated carbocycles. The highest BCUT2D eigenvalue weighted by Gasteiger charge is 2.09. The van der Waals surface area contributed by atoms with Gasteiger partial charge in [0.1, 0.15) is 11.6 Å². The van der Waals surface area contributed by atoms with Gasteiger partial charge < -0.3 is 15.1 Å². The second kappa shape index (κ2) is 5.69. The number of hydrogen-bond donors (Lipinski definition) is 1. The predicted molar refractivity (Wildman–Crippen MR) is 70.0 cm³/mol. The van der Waals surface area contributed by atoms with Gasteiger partial charge >= 0.3 is 0 Å². The van der Waals surface area contributed by atoms with Gasteiger partial charge in [-0.05, 0) is 48.9 Å². The Labute approximate surface area is 106 Å². The van der Waals surface area contributed by atoms with Crippen LogP contribution in [0.25, 0.3) is 0 Å². The van der Waals surface area contributed by atoms with Crippen molar-refractivity contribution in [2.45, 2.75) is 13.0 Å². The lowest BCUT2D eigenvalue weighted by Gasteiger charge is -2.21. The molecule has 2 aromatic rings. The maximum Gasteiger partial charge on any atom is 0.123 e. The largest absolute Gasteiger partial charge is 0.467 e. The first-order valence-corrected chi connectivity index (χ1v) is 5.92. The van der Waals surface area contributed by atoms with Gasteiger partial charge in [0.25, 0.3) is 0 Å². The summed E-state index contributed by atoms with van der Waals surface area (Å²) >= 11 is 0. The maximum atomic E-state index is 13.2. The summed E-state index contributed by atoms with van der Waals surface area (Å²) in [5, 5.41) is 0. The van der Waals surface area contributed by atoms with Crippen LogP contribution >= 0.6 is 0 Å². The summed E-state index contributed by atoms with van der Waals surface area (Å²) in [6.07, 6.45) is 2.31. The number of benzene rings is 1. The van der Waals surface area contributed by atoms with Gasteiger partial charge in [0.15, 0.2) is 0 Å². The minimum Gasteiger partial charge on any atom is -0.467 e. The van der Waals surface area contributed by atoms with Crippen LogP contribution in [-0.4, -0.2) is 13.6 Å². The van der Waals surface area contributed by atoms with Gasteiger partial charge in [0.2, 0.25) is 0 Å². The topological polar surface area (TPSA) is 42.4 Å². The van der Waals surface area contributed by atoms with Crippen molar-refractivity contribution in [3.63, 3.8) is 0 Å². The van der Waals surface area contributed by atoms with Crippen molar-refractivity contribution in [2.24, 2.45) is 5.73 Å². The van der Waals surface area contributed by atoms with E-state index in [1.165, 1.54) is 6.07 Å². The van der Waals surface area contributed by atoms with Gasteiger partial charge in [-0.25, -0.2) is 4.39 Å². The Kier molecular flexibility index (Phi) is 3.99. The Morgan fingerprint density at radius 3 is 2.83 bits per heavy atom. The normalized spacial score (nSPS) is 10.6. The number of anilines is 1. The molecular weight excluding hydrogens is 231 g/mol. The second-order valence-corrected chi connectivity index (χ2v) is 4.25. The molecule has 0 aliphatic rings. The second-order valence-electron chi connectivity index (χ2n) is 4.25. The maximum absolute atomic E-state index is 13.2. The fourth-order valence-electron chi connectivity index (χ4n) is 2.00. The molecule has 96 valence electrons. The van der Waals surface area contributed by atoms with Crippen LogP contribution in [0.2, 0.25) is 0 Å². The van der Waals surface area contributed by atoms with Crippen molar-refractivity contribution in [1.82, 2.24) is 0 Å². The monoisotopic (exact) mass is 248 g/mol. The summed E-state index contributed by atoms with van der Waals surface area (Å²) in [7, 11) is 1.95. The molecule has 0 atom stereocenters. The zero-order valence-electron chi connectivity index (χ0n) is 10.4. The Balaban J connectivity index is 2.20. The Morgan fingerprint density at radius 1 is 1.33 bits per heavy atom. The van der Waals surface area contributed by atoms with Crippen LogP contribution in [0.4, 0.5) is 10.1 Å². The lowest BCUT2D eigenvalue weighted by atomic mass is 10.1. The molecule has 2 rings (SSSR count). The number of nitrogens with two attached hydrogens (primary N) is 1. The number of halogens is 1. The molecule has 3 nitrogen and oxygen atoms in total. The first kappa shape index (κ1) is 12.6. The highest BCUT2D eigenvalue weighted by Crippen LogP contribution is 2.22. The van der Waals surface area contributed by atoms with E-state index in [4.69, 9.17) is 10.2 Å². The van der Waals surface area contributed by atoms with E-state index < -0.39 is 0 Å². The summed E-state index contributed by atoms with van der Waals surface area (Å²) in [5.41, 5.74) is 7.46. The average Bonchev–Trinajstić information content (AvgIpc) is 2.82.